The van der Waals surface area contributed by atoms with E-state index in [2.05, 4.69) is 10.5 Å². The number of amides is 1. The molecule has 3 aromatic rings. The quantitative estimate of drug-likeness (QED) is 0.455. The molecule has 0 unspecified atom stereocenters. The van der Waals surface area contributed by atoms with E-state index in [-0.39, 0.29) is 5.91 Å². The van der Waals surface area contributed by atoms with Gasteiger partial charge in [0.2, 0.25) is 0 Å². The summed E-state index contributed by atoms with van der Waals surface area (Å²) in [6, 6.07) is 16.9. The predicted octanol–water partition coefficient (Wildman–Crippen LogP) is 4.41. The number of nitrogens with zero attached hydrogens (tertiary/aromatic N) is 1. The van der Waals surface area contributed by atoms with Gasteiger partial charge in [-0.15, -0.1) is 0 Å². The first-order valence-corrected chi connectivity index (χ1v) is 9.46. The standard InChI is InChI=1S/C23H24N2O4/c1-4-28-19-11-10-18(21(14-19)29-5-2)15-24-25-23(26)20-12-16-8-6-7-9-17(16)13-22(20)27-3/h6-15H,4-5H2,1-3H3,(H,25,26). The molecule has 150 valence electrons. The molecule has 0 fully saturated rings. The highest BCUT2D eigenvalue weighted by molar-refractivity contribution is 6.02. The Kier molecular flexibility index (Phi) is 6.68. The van der Waals surface area contributed by atoms with Gasteiger partial charge in [-0.2, -0.15) is 5.10 Å². The molecule has 1 amide bonds. The first kappa shape index (κ1) is 20.2. The second kappa shape index (κ2) is 9.59. The average Bonchev–Trinajstić information content (AvgIpc) is 2.74. The third-order valence-corrected chi connectivity index (χ3v) is 4.28. The number of fused-ring (bicyclic) bond motifs is 1. The smallest absolute Gasteiger partial charge is 0.275 e. The lowest BCUT2D eigenvalue weighted by Crippen LogP contribution is -2.18. The van der Waals surface area contributed by atoms with Crippen LogP contribution in [-0.4, -0.2) is 32.4 Å². The molecule has 1 N–H and O–H groups in total. The molecule has 29 heavy (non-hydrogen) atoms. The van der Waals surface area contributed by atoms with Crippen LogP contribution in [0.4, 0.5) is 0 Å². The van der Waals surface area contributed by atoms with Crippen LogP contribution in [0.5, 0.6) is 17.2 Å². The molecule has 3 aromatic carbocycles. The second-order valence-corrected chi connectivity index (χ2v) is 6.16. The number of hydrogen-bond donors (Lipinski definition) is 1. The minimum atomic E-state index is -0.354. The fourth-order valence-corrected chi connectivity index (χ4v) is 2.94. The third kappa shape index (κ3) is 4.85. The Morgan fingerprint density at radius 3 is 2.38 bits per heavy atom. The van der Waals surface area contributed by atoms with Crippen LogP contribution >= 0.6 is 0 Å². The zero-order valence-electron chi connectivity index (χ0n) is 16.8. The first-order chi connectivity index (χ1) is 14.2. The lowest BCUT2D eigenvalue weighted by molar-refractivity contribution is 0.0952. The van der Waals surface area contributed by atoms with Crippen LogP contribution in [0, 0.1) is 0 Å². The van der Waals surface area contributed by atoms with Crippen molar-refractivity contribution in [3.8, 4) is 17.2 Å². The maximum Gasteiger partial charge on any atom is 0.275 e. The van der Waals surface area contributed by atoms with Gasteiger partial charge >= 0.3 is 0 Å². The van der Waals surface area contributed by atoms with Crippen molar-refractivity contribution in [1.82, 2.24) is 5.43 Å². The largest absolute Gasteiger partial charge is 0.496 e. The number of benzene rings is 3. The summed E-state index contributed by atoms with van der Waals surface area (Å²) >= 11 is 0. The van der Waals surface area contributed by atoms with Gasteiger partial charge in [0.1, 0.15) is 17.2 Å². The van der Waals surface area contributed by atoms with Crippen LogP contribution in [-0.2, 0) is 0 Å². The van der Waals surface area contributed by atoms with Crippen molar-refractivity contribution < 1.29 is 19.0 Å². The topological polar surface area (TPSA) is 69.2 Å². The molecule has 0 heterocycles. The van der Waals surface area contributed by atoms with Gasteiger partial charge in [0.05, 0.1) is 32.1 Å². The van der Waals surface area contributed by atoms with Gasteiger partial charge in [0, 0.05) is 11.6 Å². The number of ether oxygens (including phenoxy) is 3. The highest BCUT2D eigenvalue weighted by Gasteiger charge is 2.13. The van der Waals surface area contributed by atoms with Gasteiger partial charge in [-0.05, 0) is 48.9 Å². The van der Waals surface area contributed by atoms with Crippen molar-refractivity contribution in [2.45, 2.75) is 13.8 Å². The number of hydrazone groups is 1. The fourth-order valence-electron chi connectivity index (χ4n) is 2.94. The molecule has 6 nitrogen and oxygen atoms in total. The van der Waals surface area contributed by atoms with Crippen LogP contribution in [0.3, 0.4) is 0 Å². The molecular weight excluding hydrogens is 368 g/mol. The molecule has 0 spiro atoms. The van der Waals surface area contributed by atoms with Crippen LogP contribution < -0.4 is 19.6 Å². The van der Waals surface area contributed by atoms with Gasteiger partial charge in [-0.25, -0.2) is 5.43 Å². The van der Waals surface area contributed by atoms with E-state index >= 15 is 0 Å². The van der Waals surface area contributed by atoms with E-state index < -0.39 is 0 Å². The zero-order chi connectivity index (χ0) is 20.6. The van der Waals surface area contributed by atoms with E-state index in [1.807, 2.05) is 62.4 Å². The summed E-state index contributed by atoms with van der Waals surface area (Å²) in [6.07, 6.45) is 1.55. The third-order valence-electron chi connectivity index (χ3n) is 4.28. The number of carbonyl (C=O) groups is 1. The van der Waals surface area contributed by atoms with Crippen molar-refractivity contribution in [1.29, 1.82) is 0 Å². The first-order valence-electron chi connectivity index (χ1n) is 9.46. The lowest BCUT2D eigenvalue weighted by atomic mass is 10.1. The van der Waals surface area contributed by atoms with Gasteiger partial charge in [-0.3, -0.25) is 4.79 Å². The molecule has 6 heteroatoms. The number of rotatable bonds is 8. The highest BCUT2D eigenvalue weighted by atomic mass is 16.5. The SMILES string of the molecule is CCOc1ccc(C=NNC(=O)c2cc3ccccc3cc2OC)c(OCC)c1. The lowest BCUT2D eigenvalue weighted by Gasteiger charge is -2.10. The van der Waals surface area contributed by atoms with Crippen molar-refractivity contribution in [3.05, 3.63) is 65.7 Å². The minimum absolute atomic E-state index is 0.354. The summed E-state index contributed by atoms with van der Waals surface area (Å²) < 4.78 is 16.5. The molecule has 0 bridgehead atoms. The maximum absolute atomic E-state index is 12.7. The Balaban J connectivity index is 1.80. The number of carbonyl (C=O) groups excluding carboxylic acids is 1. The van der Waals surface area contributed by atoms with E-state index in [4.69, 9.17) is 14.2 Å². The molecule has 0 atom stereocenters. The van der Waals surface area contributed by atoms with Crippen LogP contribution in [0.25, 0.3) is 10.8 Å². The van der Waals surface area contributed by atoms with Crippen molar-refractivity contribution in [2.24, 2.45) is 5.10 Å². The summed E-state index contributed by atoms with van der Waals surface area (Å²) in [7, 11) is 1.54. The van der Waals surface area contributed by atoms with Gasteiger partial charge in [-0.1, -0.05) is 24.3 Å². The van der Waals surface area contributed by atoms with Crippen molar-refractivity contribution in [3.63, 3.8) is 0 Å². The minimum Gasteiger partial charge on any atom is -0.496 e. The van der Waals surface area contributed by atoms with E-state index in [0.717, 1.165) is 22.1 Å². The Morgan fingerprint density at radius 2 is 1.69 bits per heavy atom. The monoisotopic (exact) mass is 392 g/mol. The molecule has 0 aliphatic carbocycles. The van der Waals surface area contributed by atoms with E-state index in [1.54, 1.807) is 19.4 Å². The van der Waals surface area contributed by atoms with Gasteiger partial charge in [0.15, 0.2) is 0 Å². The maximum atomic E-state index is 12.7. The Bertz CT molecular complexity index is 1030. The van der Waals surface area contributed by atoms with Crippen LogP contribution in [0.1, 0.15) is 29.8 Å². The summed E-state index contributed by atoms with van der Waals surface area (Å²) in [4.78, 5) is 12.7. The summed E-state index contributed by atoms with van der Waals surface area (Å²) in [5.74, 6) is 1.50. The average molecular weight is 392 g/mol. The second-order valence-electron chi connectivity index (χ2n) is 6.16. The van der Waals surface area contributed by atoms with Crippen molar-refractivity contribution in [2.75, 3.05) is 20.3 Å². The molecule has 0 saturated heterocycles. The Morgan fingerprint density at radius 1 is 0.966 bits per heavy atom. The molecule has 0 radical (unpaired) electrons. The number of nitrogens with one attached hydrogen (secondary N) is 1. The molecule has 0 aliphatic rings. The number of hydrogen-bond acceptors (Lipinski definition) is 5. The van der Waals surface area contributed by atoms with Crippen LogP contribution in [0.15, 0.2) is 59.7 Å². The van der Waals surface area contributed by atoms with E-state index in [0.29, 0.717) is 30.3 Å². The Hall–Kier alpha value is -3.54. The summed E-state index contributed by atoms with van der Waals surface area (Å²) in [6.45, 7) is 4.91. The normalized spacial score (nSPS) is 10.9. The Labute approximate surface area is 170 Å². The molecule has 3 rings (SSSR count). The fraction of sp³-hybridized carbons (Fsp3) is 0.217. The summed E-state index contributed by atoms with van der Waals surface area (Å²) in [5, 5.41) is 6.04. The highest BCUT2D eigenvalue weighted by Crippen LogP contribution is 2.26. The van der Waals surface area contributed by atoms with Crippen LogP contribution in [0.2, 0.25) is 0 Å². The molecule has 0 aromatic heterocycles. The zero-order valence-corrected chi connectivity index (χ0v) is 16.8. The van der Waals surface area contributed by atoms with Gasteiger partial charge in [0.25, 0.3) is 5.91 Å². The molecular formula is C23H24N2O4. The molecule has 0 saturated carbocycles. The van der Waals surface area contributed by atoms with E-state index in [9.17, 15) is 4.79 Å². The van der Waals surface area contributed by atoms with Gasteiger partial charge < -0.3 is 14.2 Å². The van der Waals surface area contributed by atoms with E-state index in [1.165, 1.54) is 0 Å². The number of methoxy groups -OCH3 is 1. The molecule has 0 aliphatic heterocycles. The van der Waals surface area contributed by atoms with Crippen molar-refractivity contribution >= 4 is 22.9 Å². The summed E-state index contributed by atoms with van der Waals surface area (Å²) in [5.41, 5.74) is 3.71. The predicted molar refractivity (Wildman–Crippen MR) is 114 cm³/mol.